The van der Waals surface area contributed by atoms with Crippen molar-refractivity contribution in [3.8, 4) is 11.4 Å². The Morgan fingerprint density at radius 3 is 2.70 bits per heavy atom. The van der Waals surface area contributed by atoms with E-state index in [9.17, 15) is 9.59 Å². The summed E-state index contributed by atoms with van der Waals surface area (Å²) in [6.07, 6.45) is 1.56. The predicted molar refractivity (Wildman–Crippen MR) is 98.9 cm³/mol. The molecule has 0 spiro atoms. The van der Waals surface area contributed by atoms with E-state index in [0.29, 0.717) is 44.6 Å². The summed E-state index contributed by atoms with van der Waals surface area (Å²) in [7, 11) is 0. The topological polar surface area (TPSA) is 96.8 Å². The highest BCUT2D eigenvalue weighted by Gasteiger charge is 2.21. The van der Waals surface area contributed by atoms with Gasteiger partial charge in [0.1, 0.15) is 5.82 Å². The molecule has 0 fully saturated rings. The van der Waals surface area contributed by atoms with E-state index < -0.39 is 0 Å². The Morgan fingerprint density at radius 1 is 1.07 bits per heavy atom. The first-order valence-corrected chi connectivity index (χ1v) is 9.00. The lowest BCUT2D eigenvalue weighted by molar-refractivity contribution is -0.131. The molecule has 2 aromatic heterocycles. The molecule has 0 unspecified atom stereocenters. The second kappa shape index (κ2) is 7.53. The summed E-state index contributed by atoms with van der Waals surface area (Å²) < 4.78 is 1.90. The lowest BCUT2D eigenvalue weighted by Crippen LogP contribution is -2.34. The molecule has 0 saturated carbocycles. The zero-order chi connectivity index (χ0) is 18.6. The Balaban J connectivity index is 1.37. The van der Waals surface area contributed by atoms with Crippen LogP contribution in [-0.2, 0) is 24.2 Å². The first-order valence-electron chi connectivity index (χ1n) is 9.00. The zero-order valence-corrected chi connectivity index (χ0v) is 14.8. The number of aryl methyl sites for hydroxylation is 1. The number of amides is 1. The fourth-order valence-electron chi connectivity index (χ4n) is 3.17. The minimum Gasteiger partial charge on any atom is -0.340 e. The van der Waals surface area contributed by atoms with Crippen LogP contribution < -0.4 is 5.56 Å². The molecule has 27 heavy (non-hydrogen) atoms. The van der Waals surface area contributed by atoms with E-state index in [1.807, 2.05) is 39.9 Å². The number of nitrogens with zero attached hydrogens (tertiary/aromatic N) is 5. The maximum absolute atomic E-state index is 12.5. The summed E-state index contributed by atoms with van der Waals surface area (Å²) in [5, 5.41) is 10.9. The second-order valence-electron chi connectivity index (χ2n) is 6.48. The van der Waals surface area contributed by atoms with Crippen LogP contribution in [0, 0.1) is 0 Å². The number of rotatable bonds is 4. The molecule has 1 aliphatic rings. The van der Waals surface area contributed by atoms with E-state index in [2.05, 4.69) is 20.3 Å². The highest BCUT2D eigenvalue weighted by molar-refractivity contribution is 5.76. The molecule has 1 amide bonds. The van der Waals surface area contributed by atoms with Gasteiger partial charge < -0.3 is 4.90 Å². The van der Waals surface area contributed by atoms with Crippen molar-refractivity contribution in [1.29, 1.82) is 0 Å². The zero-order valence-electron chi connectivity index (χ0n) is 14.8. The normalized spacial score (nSPS) is 13.9. The van der Waals surface area contributed by atoms with Crippen molar-refractivity contribution in [2.75, 3.05) is 13.1 Å². The molecule has 3 aromatic rings. The molecule has 0 bridgehead atoms. The summed E-state index contributed by atoms with van der Waals surface area (Å²) in [5.41, 5.74) is 1.47. The van der Waals surface area contributed by atoms with Gasteiger partial charge in [-0.2, -0.15) is 10.2 Å². The number of fused-ring (bicyclic) bond motifs is 1. The summed E-state index contributed by atoms with van der Waals surface area (Å²) in [5.74, 6) is 1.72. The molecule has 4 rings (SSSR count). The van der Waals surface area contributed by atoms with Crippen LogP contribution in [0.15, 0.2) is 47.3 Å². The van der Waals surface area contributed by atoms with Gasteiger partial charge in [0.2, 0.25) is 5.91 Å². The van der Waals surface area contributed by atoms with E-state index in [-0.39, 0.29) is 11.5 Å². The first kappa shape index (κ1) is 17.1. The number of aromatic amines is 1. The third kappa shape index (κ3) is 3.94. The summed E-state index contributed by atoms with van der Waals surface area (Å²) in [4.78, 5) is 30.1. The standard InChI is InChI=1S/C19H20N6O2/c26-17-8-6-15(21-22-17)7-9-18(27)24-11-10-16-20-19(23-25(16)13-12-24)14-4-2-1-3-5-14/h1-6,8H,7,9-13H2,(H,22,26). The summed E-state index contributed by atoms with van der Waals surface area (Å²) >= 11 is 0. The van der Waals surface area contributed by atoms with Crippen LogP contribution in [0.3, 0.4) is 0 Å². The summed E-state index contributed by atoms with van der Waals surface area (Å²) in [6, 6.07) is 13.0. The van der Waals surface area contributed by atoms with Crippen molar-refractivity contribution in [2.24, 2.45) is 0 Å². The quantitative estimate of drug-likeness (QED) is 0.746. The van der Waals surface area contributed by atoms with Crippen LogP contribution >= 0.6 is 0 Å². The lowest BCUT2D eigenvalue weighted by Gasteiger charge is -2.19. The van der Waals surface area contributed by atoms with Gasteiger partial charge in [-0.15, -0.1) is 0 Å². The molecule has 0 radical (unpaired) electrons. The van der Waals surface area contributed by atoms with Gasteiger partial charge in [-0.05, 0) is 6.07 Å². The van der Waals surface area contributed by atoms with Gasteiger partial charge in [-0.3, -0.25) is 9.59 Å². The van der Waals surface area contributed by atoms with E-state index in [4.69, 9.17) is 0 Å². The molecule has 0 aliphatic carbocycles. The average Bonchev–Trinajstić information content (AvgIpc) is 3.01. The van der Waals surface area contributed by atoms with Crippen LogP contribution in [-0.4, -0.2) is 48.9 Å². The number of hydrogen-bond donors (Lipinski definition) is 1. The molecule has 1 aromatic carbocycles. The summed E-state index contributed by atoms with van der Waals surface area (Å²) in [6.45, 7) is 1.88. The Morgan fingerprint density at radius 2 is 1.93 bits per heavy atom. The van der Waals surface area contributed by atoms with Gasteiger partial charge in [-0.1, -0.05) is 30.3 Å². The highest BCUT2D eigenvalue weighted by Crippen LogP contribution is 2.17. The Hall–Kier alpha value is -3.29. The second-order valence-corrected chi connectivity index (χ2v) is 6.48. The number of H-pyrrole nitrogens is 1. The third-order valence-electron chi connectivity index (χ3n) is 4.65. The Labute approximate surface area is 155 Å². The monoisotopic (exact) mass is 364 g/mol. The predicted octanol–water partition coefficient (Wildman–Crippen LogP) is 1.05. The highest BCUT2D eigenvalue weighted by atomic mass is 16.2. The Bertz CT molecular complexity index is 949. The minimum absolute atomic E-state index is 0.0806. The molecule has 138 valence electrons. The van der Waals surface area contributed by atoms with Gasteiger partial charge in [0.25, 0.3) is 5.56 Å². The average molecular weight is 364 g/mol. The smallest absolute Gasteiger partial charge is 0.264 e. The maximum atomic E-state index is 12.5. The van der Waals surface area contributed by atoms with Crippen LogP contribution in [0.2, 0.25) is 0 Å². The minimum atomic E-state index is -0.241. The molecular weight excluding hydrogens is 344 g/mol. The van der Waals surface area contributed by atoms with E-state index in [1.54, 1.807) is 6.07 Å². The van der Waals surface area contributed by atoms with Crippen molar-refractivity contribution in [3.05, 3.63) is 64.3 Å². The van der Waals surface area contributed by atoms with Gasteiger partial charge in [0.05, 0.1) is 12.2 Å². The van der Waals surface area contributed by atoms with Crippen LogP contribution in [0.5, 0.6) is 0 Å². The van der Waals surface area contributed by atoms with Crippen molar-refractivity contribution in [2.45, 2.75) is 25.8 Å². The van der Waals surface area contributed by atoms with Gasteiger partial charge in [0, 0.05) is 44.0 Å². The van der Waals surface area contributed by atoms with Crippen molar-refractivity contribution < 1.29 is 4.79 Å². The van der Waals surface area contributed by atoms with E-state index in [1.165, 1.54) is 6.07 Å². The molecule has 3 heterocycles. The molecule has 1 aliphatic heterocycles. The molecular formula is C19H20N6O2. The van der Waals surface area contributed by atoms with Crippen LogP contribution in [0.25, 0.3) is 11.4 Å². The van der Waals surface area contributed by atoms with E-state index >= 15 is 0 Å². The molecule has 8 heteroatoms. The number of hydrogen-bond acceptors (Lipinski definition) is 5. The fraction of sp³-hybridized carbons (Fsp3) is 0.316. The molecule has 0 saturated heterocycles. The van der Waals surface area contributed by atoms with Crippen LogP contribution in [0.1, 0.15) is 17.9 Å². The van der Waals surface area contributed by atoms with Gasteiger partial charge >= 0.3 is 0 Å². The fourth-order valence-corrected chi connectivity index (χ4v) is 3.17. The number of carbonyl (C=O) groups excluding carboxylic acids is 1. The van der Waals surface area contributed by atoms with Crippen LogP contribution in [0.4, 0.5) is 0 Å². The van der Waals surface area contributed by atoms with Gasteiger partial charge in [-0.25, -0.2) is 14.8 Å². The maximum Gasteiger partial charge on any atom is 0.264 e. The van der Waals surface area contributed by atoms with Crippen molar-refractivity contribution in [1.82, 2.24) is 29.9 Å². The number of benzene rings is 1. The first-order chi connectivity index (χ1) is 13.2. The number of carbonyl (C=O) groups is 1. The van der Waals surface area contributed by atoms with Gasteiger partial charge in [0.15, 0.2) is 5.82 Å². The molecule has 8 nitrogen and oxygen atoms in total. The van der Waals surface area contributed by atoms with Crippen molar-refractivity contribution >= 4 is 5.91 Å². The number of aromatic nitrogens is 5. The Kier molecular flexibility index (Phi) is 4.78. The SMILES string of the molecule is O=C(CCc1ccc(=O)[nH]n1)N1CCc2nc(-c3ccccc3)nn2CC1. The largest absolute Gasteiger partial charge is 0.340 e. The molecule has 1 N–H and O–H groups in total. The third-order valence-corrected chi connectivity index (χ3v) is 4.65. The lowest BCUT2D eigenvalue weighted by atomic mass is 10.2. The number of nitrogens with one attached hydrogen (secondary N) is 1. The molecule has 0 atom stereocenters. The van der Waals surface area contributed by atoms with E-state index in [0.717, 1.165) is 17.2 Å². The van der Waals surface area contributed by atoms with Crippen molar-refractivity contribution in [3.63, 3.8) is 0 Å².